The van der Waals surface area contributed by atoms with Crippen molar-refractivity contribution in [1.29, 1.82) is 0 Å². The van der Waals surface area contributed by atoms with Gasteiger partial charge in [0.25, 0.3) is 11.8 Å². The lowest BCUT2D eigenvalue weighted by Gasteiger charge is -2.34. The Morgan fingerprint density at radius 3 is 2.68 bits per heavy atom. The summed E-state index contributed by atoms with van der Waals surface area (Å²) in [5, 5.41) is 13.1. The van der Waals surface area contributed by atoms with Gasteiger partial charge in [-0.1, -0.05) is 12.1 Å². The van der Waals surface area contributed by atoms with Gasteiger partial charge < -0.3 is 19.9 Å². The second-order valence-corrected chi connectivity index (χ2v) is 7.06. The number of nitrogens with zero attached hydrogens (tertiary/aromatic N) is 2. The number of carbonyl (C=O) groups excluding carboxylic acids is 2. The van der Waals surface area contributed by atoms with Crippen LogP contribution in [-0.4, -0.2) is 39.5 Å². The van der Waals surface area contributed by atoms with E-state index >= 15 is 0 Å². The monoisotopic (exact) mass is 385 g/mol. The SMILES string of the molecule is CCN1C[C@@H]2CCc3c(C(=O)NCc4ccc(F)cc4)c(=O)c(O)c(n32)C1=O. The maximum atomic E-state index is 13.0. The third kappa shape index (κ3) is 2.76. The third-order valence-corrected chi connectivity index (χ3v) is 5.46. The Labute approximate surface area is 160 Å². The molecule has 7 nitrogen and oxygen atoms in total. The number of hydrogen-bond donors (Lipinski definition) is 2. The molecule has 28 heavy (non-hydrogen) atoms. The zero-order valence-electron chi connectivity index (χ0n) is 15.4. The molecule has 0 unspecified atom stereocenters. The summed E-state index contributed by atoms with van der Waals surface area (Å²) in [7, 11) is 0. The number of benzene rings is 1. The Bertz CT molecular complexity index is 1030. The molecule has 0 bridgehead atoms. The largest absolute Gasteiger partial charge is 0.503 e. The van der Waals surface area contributed by atoms with Crippen LogP contribution in [0, 0.1) is 5.82 Å². The molecule has 2 N–H and O–H groups in total. The fraction of sp³-hybridized carbons (Fsp3) is 0.350. The first-order chi connectivity index (χ1) is 13.4. The first-order valence-corrected chi connectivity index (χ1v) is 9.24. The van der Waals surface area contributed by atoms with E-state index in [0.29, 0.717) is 37.2 Å². The predicted molar refractivity (Wildman–Crippen MR) is 98.9 cm³/mol. The van der Waals surface area contributed by atoms with Crippen LogP contribution in [0.1, 0.15) is 51.5 Å². The van der Waals surface area contributed by atoms with Crippen LogP contribution >= 0.6 is 0 Å². The molecule has 1 atom stereocenters. The molecule has 8 heteroatoms. The van der Waals surface area contributed by atoms with Gasteiger partial charge in [-0.2, -0.15) is 0 Å². The van der Waals surface area contributed by atoms with Crippen LogP contribution in [-0.2, 0) is 13.0 Å². The number of rotatable bonds is 4. The van der Waals surface area contributed by atoms with Gasteiger partial charge in [0.15, 0.2) is 11.4 Å². The van der Waals surface area contributed by atoms with Gasteiger partial charge in [-0.05, 0) is 37.5 Å². The Balaban J connectivity index is 1.71. The molecule has 0 aliphatic carbocycles. The van der Waals surface area contributed by atoms with Crippen molar-refractivity contribution in [3.05, 3.63) is 62.8 Å². The lowest BCUT2D eigenvalue weighted by Crippen LogP contribution is -2.44. The van der Waals surface area contributed by atoms with Gasteiger partial charge in [-0.15, -0.1) is 0 Å². The van der Waals surface area contributed by atoms with Crippen molar-refractivity contribution < 1.29 is 19.1 Å². The minimum atomic E-state index is -0.829. The molecule has 0 spiro atoms. The molecule has 0 fully saturated rings. The Morgan fingerprint density at radius 2 is 2.00 bits per heavy atom. The summed E-state index contributed by atoms with van der Waals surface area (Å²) in [4.78, 5) is 39.7. The van der Waals surface area contributed by atoms with E-state index in [-0.39, 0.29) is 29.7 Å². The molecule has 2 aliphatic heterocycles. The molecule has 1 aromatic heterocycles. The van der Waals surface area contributed by atoms with E-state index in [0.717, 1.165) is 0 Å². The highest BCUT2D eigenvalue weighted by molar-refractivity contribution is 6.00. The molecule has 0 saturated heterocycles. The number of likely N-dealkylation sites (N-methyl/N-ethyl adjacent to an activating group) is 1. The van der Waals surface area contributed by atoms with Crippen LogP contribution in [0.4, 0.5) is 4.39 Å². The number of halogens is 1. The third-order valence-electron chi connectivity index (χ3n) is 5.46. The van der Waals surface area contributed by atoms with Crippen molar-refractivity contribution in [2.45, 2.75) is 32.4 Å². The smallest absolute Gasteiger partial charge is 0.274 e. The first kappa shape index (κ1) is 18.2. The topological polar surface area (TPSA) is 91.6 Å². The number of nitrogens with one attached hydrogen (secondary N) is 1. The Hall–Kier alpha value is -3.16. The van der Waals surface area contributed by atoms with E-state index in [9.17, 15) is 23.9 Å². The Kier molecular flexibility index (Phi) is 4.41. The maximum absolute atomic E-state index is 13.0. The molecule has 146 valence electrons. The van der Waals surface area contributed by atoms with E-state index in [2.05, 4.69) is 5.32 Å². The minimum Gasteiger partial charge on any atom is -0.503 e. The molecular formula is C20H20FN3O4. The fourth-order valence-corrected chi connectivity index (χ4v) is 4.05. The number of carbonyl (C=O) groups is 2. The number of pyridine rings is 1. The van der Waals surface area contributed by atoms with Crippen molar-refractivity contribution in [2.75, 3.05) is 13.1 Å². The van der Waals surface area contributed by atoms with Gasteiger partial charge in [0, 0.05) is 25.3 Å². The summed E-state index contributed by atoms with van der Waals surface area (Å²) in [6.07, 6.45) is 1.18. The average molecular weight is 385 g/mol. The van der Waals surface area contributed by atoms with Crippen LogP contribution < -0.4 is 10.7 Å². The zero-order valence-corrected chi connectivity index (χ0v) is 15.4. The van der Waals surface area contributed by atoms with Crippen LogP contribution in [0.15, 0.2) is 29.1 Å². The van der Waals surface area contributed by atoms with E-state index < -0.39 is 23.0 Å². The summed E-state index contributed by atoms with van der Waals surface area (Å²) in [5.74, 6) is -2.06. The number of hydrogen-bond acceptors (Lipinski definition) is 4. The zero-order chi connectivity index (χ0) is 20.0. The summed E-state index contributed by atoms with van der Waals surface area (Å²) < 4.78 is 14.7. The summed E-state index contributed by atoms with van der Waals surface area (Å²) in [6, 6.07) is 5.60. The highest BCUT2D eigenvalue weighted by Crippen LogP contribution is 2.36. The van der Waals surface area contributed by atoms with Crippen molar-refractivity contribution in [1.82, 2.24) is 14.8 Å². The quantitative estimate of drug-likeness (QED) is 0.836. The highest BCUT2D eigenvalue weighted by atomic mass is 19.1. The van der Waals surface area contributed by atoms with Crippen molar-refractivity contribution in [3.8, 4) is 5.75 Å². The highest BCUT2D eigenvalue weighted by Gasteiger charge is 2.40. The molecule has 2 aliphatic rings. The second-order valence-electron chi connectivity index (χ2n) is 7.06. The minimum absolute atomic E-state index is 0.0225. The van der Waals surface area contributed by atoms with Crippen molar-refractivity contribution >= 4 is 11.8 Å². The number of amides is 2. The van der Waals surface area contributed by atoms with E-state index in [1.54, 1.807) is 21.6 Å². The lowest BCUT2D eigenvalue weighted by atomic mass is 10.1. The molecule has 2 aromatic rings. The fourth-order valence-electron chi connectivity index (χ4n) is 4.05. The van der Waals surface area contributed by atoms with Crippen LogP contribution in [0.5, 0.6) is 5.75 Å². The molecule has 1 aromatic carbocycles. The van der Waals surface area contributed by atoms with Gasteiger partial charge >= 0.3 is 0 Å². The van der Waals surface area contributed by atoms with Crippen molar-refractivity contribution in [2.24, 2.45) is 0 Å². The molecule has 2 amide bonds. The lowest BCUT2D eigenvalue weighted by molar-refractivity contribution is 0.0676. The molecule has 3 heterocycles. The van der Waals surface area contributed by atoms with Crippen molar-refractivity contribution in [3.63, 3.8) is 0 Å². The molecule has 0 radical (unpaired) electrons. The van der Waals surface area contributed by atoms with Crippen LogP contribution in [0.2, 0.25) is 0 Å². The van der Waals surface area contributed by atoms with Crippen LogP contribution in [0.3, 0.4) is 0 Å². The summed E-state index contributed by atoms with van der Waals surface area (Å²) in [5.41, 5.74) is 0.197. The van der Waals surface area contributed by atoms with E-state index in [4.69, 9.17) is 0 Å². The van der Waals surface area contributed by atoms with E-state index in [1.165, 1.54) is 12.1 Å². The normalized spacial score (nSPS) is 17.6. The second kappa shape index (κ2) is 6.78. The predicted octanol–water partition coefficient (Wildman–Crippen LogP) is 1.59. The van der Waals surface area contributed by atoms with Crippen LogP contribution in [0.25, 0.3) is 0 Å². The van der Waals surface area contributed by atoms with E-state index in [1.807, 2.05) is 6.92 Å². The maximum Gasteiger partial charge on any atom is 0.274 e. The molecular weight excluding hydrogens is 365 g/mol. The first-order valence-electron chi connectivity index (χ1n) is 9.24. The Morgan fingerprint density at radius 1 is 1.29 bits per heavy atom. The summed E-state index contributed by atoms with van der Waals surface area (Å²) in [6.45, 7) is 2.94. The van der Waals surface area contributed by atoms with Gasteiger partial charge in [-0.25, -0.2) is 4.39 Å². The van der Waals surface area contributed by atoms with Gasteiger partial charge in [0.05, 0.1) is 6.04 Å². The number of aromatic hydroxyl groups is 1. The van der Waals surface area contributed by atoms with Gasteiger partial charge in [-0.3, -0.25) is 14.4 Å². The summed E-state index contributed by atoms with van der Waals surface area (Å²) >= 11 is 0. The van der Waals surface area contributed by atoms with Gasteiger partial charge in [0.2, 0.25) is 5.43 Å². The number of aromatic nitrogens is 1. The molecule has 4 rings (SSSR count). The van der Waals surface area contributed by atoms with Gasteiger partial charge in [0.1, 0.15) is 11.4 Å². The average Bonchev–Trinajstić information content (AvgIpc) is 3.09. The molecule has 0 saturated carbocycles. The standard InChI is InChI=1S/C20H20FN3O4/c1-2-23-10-13-7-8-14-15(17(25)18(26)16(20(23)28)24(13)14)19(27)22-9-11-3-5-12(21)6-4-11/h3-6,13,26H,2,7-10H2,1H3,(H,22,27)/t13-/m0/s1.